The minimum Gasteiger partial charge on any atom is -0.355 e. The predicted molar refractivity (Wildman–Crippen MR) is 90.2 cm³/mol. The van der Waals surface area contributed by atoms with E-state index in [1.54, 1.807) is 6.20 Å². The molecule has 23 heavy (non-hydrogen) atoms. The van der Waals surface area contributed by atoms with Gasteiger partial charge in [0, 0.05) is 18.2 Å². The summed E-state index contributed by atoms with van der Waals surface area (Å²) in [6.07, 6.45) is 4.94. The van der Waals surface area contributed by atoms with Crippen molar-refractivity contribution < 1.29 is 9.32 Å². The summed E-state index contributed by atoms with van der Waals surface area (Å²) < 4.78 is 5.39. The first-order valence-electron chi connectivity index (χ1n) is 8.42. The van der Waals surface area contributed by atoms with E-state index in [4.69, 9.17) is 4.52 Å². The molecule has 0 spiro atoms. The van der Waals surface area contributed by atoms with Gasteiger partial charge in [0.25, 0.3) is 5.91 Å². The summed E-state index contributed by atoms with van der Waals surface area (Å²) in [5.74, 6) is 1.20. The molecule has 1 aromatic carbocycles. The van der Waals surface area contributed by atoms with Crippen LogP contribution in [0.1, 0.15) is 49.0 Å². The number of nitrogens with zero attached hydrogens (tertiary/aromatic N) is 2. The van der Waals surface area contributed by atoms with Crippen LogP contribution in [0.5, 0.6) is 0 Å². The Labute approximate surface area is 137 Å². The van der Waals surface area contributed by atoms with E-state index in [1.807, 2.05) is 36.1 Å². The summed E-state index contributed by atoms with van der Waals surface area (Å²) in [4.78, 5) is 15.0. The number of benzene rings is 1. The van der Waals surface area contributed by atoms with E-state index in [0.29, 0.717) is 17.2 Å². The second kappa shape index (κ2) is 6.57. The van der Waals surface area contributed by atoms with Crippen molar-refractivity contribution in [3.8, 4) is 11.3 Å². The summed E-state index contributed by atoms with van der Waals surface area (Å²) in [7, 11) is 0. The molecule has 0 radical (unpaired) electrons. The van der Waals surface area contributed by atoms with Crippen LogP contribution in [0, 0.1) is 12.8 Å². The Morgan fingerprint density at radius 3 is 2.74 bits per heavy atom. The molecule has 1 amide bonds. The van der Waals surface area contributed by atoms with Gasteiger partial charge < -0.3 is 9.42 Å². The lowest BCUT2D eigenvalue weighted by Crippen LogP contribution is -2.45. The number of aryl methyl sites for hydroxylation is 1. The van der Waals surface area contributed by atoms with E-state index < -0.39 is 0 Å². The molecule has 2 aromatic rings. The molecule has 4 nitrogen and oxygen atoms in total. The maximum Gasteiger partial charge on any atom is 0.259 e. The average molecular weight is 312 g/mol. The van der Waals surface area contributed by atoms with Crippen molar-refractivity contribution in [2.75, 3.05) is 6.54 Å². The van der Waals surface area contributed by atoms with Crippen LogP contribution in [0.3, 0.4) is 0 Å². The highest BCUT2D eigenvalue weighted by atomic mass is 16.5. The van der Waals surface area contributed by atoms with Crippen LogP contribution < -0.4 is 0 Å². The van der Waals surface area contributed by atoms with Crippen LogP contribution in [0.2, 0.25) is 0 Å². The van der Waals surface area contributed by atoms with Gasteiger partial charge in [0.05, 0.1) is 6.20 Å². The molecule has 4 heteroatoms. The number of hydrogen-bond donors (Lipinski definition) is 0. The van der Waals surface area contributed by atoms with Crippen LogP contribution in [0.4, 0.5) is 0 Å². The van der Waals surface area contributed by atoms with Gasteiger partial charge >= 0.3 is 0 Å². The van der Waals surface area contributed by atoms with Crippen molar-refractivity contribution in [3.63, 3.8) is 0 Å². The molecule has 2 atom stereocenters. The topological polar surface area (TPSA) is 46.3 Å². The van der Waals surface area contributed by atoms with Gasteiger partial charge in [0.1, 0.15) is 5.56 Å². The smallest absolute Gasteiger partial charge is 0.259 e. The molecule has 0 saturated carbocycles. The first-order valence-corrected chi connectivity index (χ1v) is 8.42. The lowest BCUT2D eigenvalue weighted by Gasteiger charge is -2.37. The van der Waals surface area contributed by atoms with E-state index in [9.17, 15) is 4.79 Å². The fourth-order valence-electron chi connectivity index (χ4n) is 3.26. The Morgan fingerprint density at radius 1 is 1.30 bits per heavy atom. The number of carbonyl (C=O) groups excluding carboxylic acids is 1. The molecular weight excluding hydrogens is 288 g/mol. The minimum absolute atomic E-state index is 0.0347. The van der Waals surface area contributed by atoms with Crippen LogP contribution in [-0.4, -0.2) is 28.6 Å². The molecule has 1 fully saturated rings. The molecule has 1 saturated heterocycles. The van der Waals surface area contributed by atoms with Gasteiger partial charge in [-0.3, -0.25) is 4.79 Å². The molecule has 3 rings (SSSR count). The fraction of sp³-hybridized carbons (Fsp3) is 0.474. The largest absolute Gasteiger partial charge is 0.355 e. The highest BCUT2D eigenvalue weighted by Gasteiger charge is 2.31. The van der Waals surface area contributed by atoms with Gasteiger partial charge in [-0.15, -0.1) is 0 Å². The third-order valence-corrected chi connectivity index (χ3v) is 4.93. The van der Waals surface area contributed by atoms with Crippen LogP contribution in [0.25, 0.3) is 11.3 Å². The number of piperidine rings is 1. The number of rotatable bonds is 3. The third-order valence-electron chi connectivity index (χ3n) is 4.93. The molecule has 0 N–H and O–H groups in total. The van der Waals surface area contributed by atoms with Crippen molar-refractivity contribution >= 4 is 5.91 Å². The molecule has 2 heterocycles. The lowest BCUT2D eigenvalue weighted by atomic mass is 9.91. The van der Waals surface area contributed by atoms with Crippen molar-refractivity contribution in [1.29, 1.82) is 0 Å². The van der Waals surface area contributed by atoms with Crippen molar-refractivity contribution in [1.82, 2.24) is 10.1 Å². The Kier molecular flexibility index (Phi) is 4.51. The Hall–Kier alpha value is -2.10. The second-order valence-electron chi connectivity index (χ2n) is 6.59. The number of likely N-dealkylation sites (tertiary alicyclic amines) is 1. The van der Waals surface area contributed by atoms with Gasteiger partial charge in [-0.05, 0) is 32.6 Å². The minimum atomic E-state index is 0.0347. The van der Waals surface area contributed by atoms with E-state index in [2.05, 4.69) is 19.0 Å². The first kappa shape index (κ1) is 15.8. The van der Waals surface area contributed by atoms with Crippen LogP contribution in [-0.2, 0) is 0 Å². The highest BCUT2D eigenvalue weighted by molar-refractivity contribution is 5.99. The van der Waals surface area contributed by atoms with Crippen molar-refractivity contribution in [2.24, 2.45) is 5.92 Å². The second-order valence-corrected chi connectivity index (χ2v) is 6.59. The van der Waals surface area contributed by atoms with E-state index in [1.165, 1.54) is 12.0 Å². The van der Waals surface area contributed by atoms with E-state index >= 15 is 0 Å². The number of aromatic nitrogens is 1. The molecule has 0 aliphatic carbocycles. The number of hydrogen-bond acceptors (Lipinski definition) is 3. The molecule has 1 aliphatic rings. The van der Waals surface area contributed by atoms with Crippen LogP contribution >= 0.6 is 0 Å². The summed E-state index contributed by atoms with van der Waals surface area (Å²) >= 11 is 0. The third kappa shape index (κ3) is 3.16. The van der Waals surface area contributed by atoms with Gasteiger partial charge in [-0.1, -0.05) is 48.3 Å². The molecule has 1 aliphatic heterocycles. The number of carbonyl (C=O) groups is 1. The molecule has 0 bridgehead atoms. The quantitative estimate of drug-likeness (QED) is 0.849. The molecule has 1 aromatic heterocycles. The van der Waals surface area contributed by atoms with Crippen LogP contribution in [0.15, 0.2) is 35.0 Å². The SMILES string of the molecule is CCC1CCC(C)N(C(=O)c2cnoc2-c2ccc(C)cc2)C1. The monoisotopic (exact) mass is 312 g/mol. The van der Waals surface area contributed by atoms with Gasteiger partial charge in [0.2, 0.25) is 0 Å². The molecule has 122 valence electrons. The average Bonchev–Trinajstić information content (AvgIpc) is 3.05. The zero-order chi connectivity index (χ0) is 16.4. The summed E-state index contributed by atoms with van der Waals surface area (Å²) in [5, 5.41) is 3.88. The van der Waals surface area contributed by atoms with Gasteiger partial charge in [-0.2, -0.15) is 0 Å². The summed E-state index contributed by atoms with van der Waals surface area (Å²) in [5.41, 5.74) is 2.64. The van der Waals surface area contributed by atoms with E-state index in [-0.39, 0.29) is 11.9 Å². The zero-order valence-corrected chi connectivity index (χ0v) is 14.1. The highest BCUT2D eigenvalue weighted by Crippen LogP contribution is 2.29. The normalized spacial score (nSPS) is 21.4. The number of amides is 1. The summed E-state index contributed by atoms with van der Waals surface area (Å²) in [6, 6.07) is 8.25. The first-order chi connectivity index (χ1) is 11.1. The maximum absolute atomic E-state index is 13.0. The zero-order valence-electron chi connectivity index (χ0n) is 14.1. The Bertz CT molecular complexity index is 675. The lowest BCUT2D eigenvalue weighted by molar-refractivity contribution is 0.0557. The summed E-state index contributed by atoms with van der Waals surface area (Å²) in [6.45, 7) is 7.19. The predicted octanol–water partition coefficient (Wildman–Crippen LogP) is 4.30. The fourth-order valence-corrected chi connectivity index (χ4v) is 3.26. The van der Waals surface area contributed by atoms with Crippen molar-refractivity contribution in [3.05, 3.63) is 41.6 Å². The Balaban J connectivity index is 1.88. The standard InChI is InChI=1S/C19H24N2O2/c1-4-15-8-7-14(3)21(12-15)19(22)17-11-20-23-18(17)16-9-5-13(2)6-10-16/h5-6,9-11,14-15H,4,7-8,12H2,1-3H3. The molecule has 2 unspecified atom stereocenters. The van der Waals surface area contributed by atoms with Crippen molar-refractivity contribution in [2.45, 2.75) is 46.1 Å². The Morgan fingerprint density at radius 2 is 2.04 bits per heavy atom. The van der Waals surface area contributed by atoms with Gasteiger partial charge in [-0.25, -0.2) is 0 Å². The van der Waals surface area contributed by atoms with Gasteiger partial charge in [0.15, 0.2) is 5.76 Å². The maximum atomic E-state index is 13.0. The van der Waals surface area contributed by atoms with E-state index in [0.717, 1.165) is 24.9 Å². The molecular formula is C19H24N2O2.